The van der Waals surface area contributed by atoms with Crippen molar-refractivity contribution < 1.29 is 9.53 Å². The molecule has 1 aromatic carbocycles. The van der Waals surface area contributed by atoms with E-state index >= 15 is 0 Å². The molecule has 0 spiro atoms. The normalized spacial score (nSPS) is 16.7. The first-order chi connectivity index (χ1) is 9.88. The highest BCUT2D eigenvalue weighted by molar-refractivity contribution is 5.85. The third-order valence-corrected chi connectivity index (χ3v) is 3.77. The van der Waals surface area contributed by atoms with E-state index in [1.807, 2.05) is 18.2 Å². The second-order valence-electron chi connectivity index (χ2n) is 6.72. The number of halogens is 2. The molecular weight excluding hydrogens is 335 g/mol. The van der Waals surface area contributed by atoms with Crippen molar-refractivity contribution >= 4 is 30.8 Å². The van der Waals surface area contributed by atoms with Crippen molar-refractivity contribution in [1.82, 2.24) is 10.2 Å². The number of ether oxygens (including phenoxy) is 1. The molecule has 0 saturated carbocycles. The zero-order valence-electron chi connectivity index (χ0n) is 14.3. The van der Waals surface area contributed by atoms with E-state index in [-0.39, 0.29) is 36.2 Å². The number of piperazine rings is 1. The van der Waals surface area contributed by atoms with Gasteiger partial charge in [0.15, 0.2) is 0 Å². The van der Waals surface area contributed by atoms with Gasteiger partial charge in [0.2, 0.25) is 0 Å². The van der Waals surface area contributed by atoms with Crippen molar-refractivity contribution in [1.29, 1.82) is 0 Å². The van der Waals surface area contributed by atoms with Gasteiger partial charge in [-0.05, 0) is 23.1 Å². The van der Waals surface area contributed by atoms with Gasteiger partial charge in [0, 0.05) is 39.1 Å². The number of carbonyl (C=O) groups is 1. The van der Waals surface area contributed by atoms with E-state index in [4.69, 9.17) is 4.74 Å². The molecule has 2 rings (SSSR count). The van der Waals surface area contributed by atoms with Gasteiger partial charge in [-0.25, -0.2) is 0 Å². The first-order valence-electron chi connectivity index (χ1n) is 7.61. The molecule has 1 aliphatic rings. The van der Waals surface area contributed by atoms with Gasteiger partial charge in [-0.3, -0.25) is 9.69 Å². The van der Waals surface area contributed by atoms with E-state index in [2.05, 4.69) is 37.1 Å². The summed E-state index contributed by atoms with van der Waals surface area (Å²) in [5, 5.41) is 3.40. The number of carbonyl (C=O) groups excluding carboxylic acids is 1. The number of nitrogens with one attached hydrogen (secondary N) is 1. The third-order valence-electron chi connectivity index (χ3n) is 3.77. The second kappa shape index (κ2) is 9.48. The predicted octanol–water partition coefficient (Wildman–Crippen LogP) is 3.45. The van der Waals surface area contributed by atoms with E-state index in [0.29, 0.717) is 11.8 Å². The Kier molecular flexibility index (Phi) is 9.14. The molecule has 0 bridgehead atoms. The molecule has 1 atom stereocenters. The number of benzene rings is 1. The van der Waals surface area contributed by atoms with Crippen LogP contribution in [0.25, 0.3) is 0 Å². The third kappa shape index (κ3) is 6.30. The van der Waals surface area contributed by atoms with Crippen LogP contribution in [-0.2, 0) is 4.79 Å². The summed E-state index contributed by atoms with van der Waals surface area (Å²) in [6.45, 7) is 12.4. The zero-order chi connectivity index (χ0) is 15.5. The molecule has 23 heavy (non-hydrogen) atoms. The number of hydrogen-bond acceptors (Lipinski definition) is 4. The van der Waals surface area contributed by atoms with Crippen molar-refractivity contribution in [3.8, 4) is 5.75 Å². The lowest BCUT2D eigenvalue weighted by atomic mass is 9.81. The van der Waals surface area contributed by atoms with Crippen molar-refractivity contribution in [2.45, 2.75) is 33.7 Å². The zero-order valence-corrected chi connectivity index (χ0v) is 15.9. The maximum absolute atomic E-state index is 11.2. The van der Waals surface area contributed by atoms with Crippen LogP contribution in [0, 0.1) is 5.41 Å². The Labute approximate surface area is 151 Å². The topological polar surface area (TPSA) is 41.6 Å². The van der Waals surface area contributed by atoms with E-state index in [1.54, 1.807) is 0 Å². The fourth-order valence-electron chi connectivity index (χ4n) is 3.11. The van der Waals surface area contributed by atoms with Crippen LogP contribution in [0.2, 0.25) is 0 Å². The molecule has 0 aromatic heterocycles. The van der Waals surface area contributed by atoms with Gasteiger partial charge >= 0.3 is 5.97 Å². The quantitative estimate of drug-likeness (QED) is 0.660. The Balaban J connectivity index is 0.00000242. The standard InChI is InChI=1S/C17H26N2O2.2ClH/c1-13(20)21-15-7-5-6-14(12-15)16(17(2,3)4)19-10-8-18-9-11-19;;/h5-7,12,16,18H,8-11H2,1-4H3;2*1H/t16-;;/m0../s1. The Hall–Kier alpha value is -0.810. The Morgan fingerprint density at radius 2 is 1.83 bits per heavy atom. The Bertz CT molecular complexity index is 498. The molecular formula is C17H28Cl2N2O2. The number of rotatable bonds is 3. The average molecular weight is 363 g/mol. The van der Waals surface area contributed by atoms with Gasteiger partial charge in [-0.1, -0.05) is 32.9 Å². The van der Waals surface area contributed by atoms with Crippen LogP contribution in [0.5, 0.6) is 5.75 Å². The lowest BCUT2D eigenvalue weighted by Crippen LogP contribution is -2.48. The molecule has 1 saturated heterocycles. The molecule has 1 aliphatic heterocycles. The summed E-state index contributed by atoms with van der Waals surface area (Å²) < 4.78 is 5.24. The molecule has 0 unspecified atom stereocenters. The van der Waals surface area contributed by atoms with Crippen molar-refractivity contribution in [3.05, 3.63) is 29.8 Å². The lowest BCUT2D eigenvalue weighted by Gasteiger charge is -2.42. The van der Waals surface area contributed by atoms with Crippen molar-refractivity contribution in [3.63, 3.8) is 0 Å². The summed E-state index contributed by atoms with van der Waals surface area (Å²) >= 11 is 0. The van der Waals surface area contributed by atoms with Gasteiger partial charge in [0.05, 0.1) is 0 Å². The van der Waals surface area contributed by atoms with Crippen LogP contribution in [0.1, 0.15) is 39.3 Å². The highest BCUT2D eigenvalue weighted by Gasteiger charge is 2.32. The SMILES string of the molecule is CC(=O)Oc1cccc([C@H](N2CCNCC2)C(C)(C)C)c1.Cl.Cl. The lowest BCUT2D eigenvalue weighted by molar-refractivity contribution is -0.131. The highest BCUT2D eigenvalue weighted by atomic mass is 35.5. The van der Waals surface area contributed by atoms with Crippen LogP contribution >= 0.6 is 24.8 Å². The molecule has 1 N–H and O–H groups in total. The average Bonchev–Trinajstić information content (AvgIpc) is 2.38. The Morgan fingerprint density at radius 3 is 2.35 bits per heavy atom. The Morgan fingerprint density at radius 1 is 1.22 bits per heavy atom. The molecule has 1 fully saturated rings. The minimum absolute atomic E-state index is 0. The molecule has 1 aromatic rings. The van der Waals surface area contributed by atoms with Gasteiger partial charge in [-0.15, -0.1) is 24.8 Å². The smallest absolute Gasteiger partial charge is 0.308 e. The van der Waals surface area contributed by atoms with Crippen molar-refractivity contribution in [2.24, 2.45) is 5.41 Å². The largest absolute Gasteiger partial charge is 0.427 e. The van der Waals surface area contributed by atoms with Gasteiger partial charge in [0.25, 0.3) is 0 Å². The van der Waals surface area contributed by atoms with E-state index in [1.165, 1.54) is 12.5 Å². The van der Waals surface area contributed by atoms with Crippen LogP contribution < -0.4 is 10.1 Å². The molecule has 0 amide bonds. The summed E-state index contributed by atoms with van der Waals surface area (Å²) in [7, 11) is 0. The maximum Gasteiger partial charge on any atom is 0.308 e. The number of hydrogen-bond donors (Lipinski definition) is 1. The van der Waals surface area contributed by atoms with Crippen LogP contribution in [0.15, 0.2) is 24.3 Å². The van der Waals surface area contributed by atoms with E-state index in [9.17, 15) is 4.79 Å². The summed E-state index contributed by atoms with van der Waals surface area (Å²) in [5.74, 6) is 0.353. The summed E-state index contributed by atoms with van der Waals surface area (Å²) in [6.07, 6.45) is 0. The van der Waals surface area contributed by atoms with Crippen LogP contribution in [0.4, 0.5) is 0 Å². The second-order valence-corrected chi connectivity index (χ2v) is 6.72. The van der Waals surface area contributed by atoms with E-state index in [0.717, 1.165) is 26.2 Å². The van der Waals surface area contributed by atoms with Gasteiger partial charge < -0.3 is 10.1 Å². The fraction of sp³-hybridized carbons (Fsp3) is 0.588. The molecule has 6 heteroatoms. The first-order valence-corrected chi connectivity index (χ1v) is 7.61. The van der Waals surface area contributed by atoms with Gasteiger partial charge in [-0.2, -0.15) is 0 Å². The van der Waals surface area contributed by atoms with Gasteiger partial charge in [0.1, 0.15) is 5.75 Å². The summed E-state index contributed by atoms with van der Waals surface area (Å²) in [6, 6.07) is 8.25. The summed E-state index contributed by atoms with van der Waals surface area (Å²) in [4.78, 5) is 13.7. The number of nitrogens with zero attached hydrogens (tertiary/aromatic N) is 1. The maximum atomic E-state index is 11.2. The fourth-order valence-corrected chi connectivity index (χ4v) is 3.11. The molecule has 0 aliphatic carbocycles. The molecule has 132 valence electrons. The molecule has 1 heterocycles. The summed E-state index contributed by atoms with van der Waals surface area (Å²) in [5.41, 5.74) is 1.33. The predicted molar refractivity (Wildman–Crippen MR) is 98.9 cm³/mol. The van der Waals surface area contributed by atoms with Crippen LogP contribution in [-0.4, -0.2) is 37.0 Å². The minimum Gasteiger partial charge on any atom is -0.427 e. The van der Waals surface area contributed by atoms with E-state index < -0.39 is 0 Å². The first kappa shape index (κ1) is 22.2. The molecule has 4 nitrogen and oxygen atoms in total. The molecule has 0 radical (unpaired) electrons. The highest BCUT2D eigenvalue weighted by Crippen LogP contribution is 2.39. The minimum atomic E-state index is -0.276. The van der Waals surface area contributed by atoms with Crippen molar-refractivity contribution in [2.75, 3.05) is 26.2 Å². The number of esters is 1. The van der Waals surface area contributed by atoms with Crippen LogP contribution in [0.3, 0.4) is 0 Å². The monoisotopic (exact) mass is 362 g/mol.